The minimum Gasteiger partial charge on any atom is -0.354 e. The molecule has 1 aliphatic rings. The maximum absolute atomic E-state index is 8.91. The summed E-state index contributed by atoms with van der Waals surface area (Å²) in [5.41, 5.74) is 1.24. The van der Waals surface area contributed by atoms with Crippen LogP contribution in [-0.4, -0.2) is 41.0 Å². The quantitative estimate of drug-likeness (QED) is 0.891. The fourth-order valence-electron chi connectivity index (χ4n) is 2.62. The predicted molar refractivity (Wildman–Crippen MR) is 79.4 cm³/mol. The highest BCUT2D eigenvalue weighted by atomic mass is 15.1. The third-order valence-corrected chi connectivity index (χ3v) is 3.60. The summed E-state index contributed by atoms with van der Waals surface area (Å²) in [5.74, 6) is 1.11. The van der Waals surface area contributed by atoms with E-state index in [9.17, 15) is 0 Å². The molecule has 0 bridgehead atoms. The molecule has 0 spiro atoms. The van der Waals surface area contributed by atoms with Gasteiger partial charge in [-0.15, -0.1) is 0 Å². The summed E-state index contributed by atoms with van der Waals surface area (Å²) >= 11 is 0. The standard InChI is InChI=1S/C15H23N5/c1-12(11-20-6-4-3-5-7-20)10-17-15-18-13(2)8-14(9-16)19-15/h8,12H,3-7,10-11H2,1-2H3,(H,17,18,19). The maximum atomic E-state index is 8.91. The summed E-state index contributed by atoms with van der Waals surface area (Å²) in [5, 5.41) is 12.2. The van der Waals surface area contributed by atoms with E-state index in [0.717, 1.165) is 18.8 Å². The molecule has 5 nitrogen and oxygen atoms in total. The Balaban J connectivity index is 1.82. The van der Waals surface area contributed by atoms with Crippen LogP contribution in [0.15, 0.2) is 6.07 Å². The zero-order chi connectivity index (χ0) is 14.4. The highest BCUT2D eigenvalue weighted by Gasteiger charge is 2.13. The van der Waals surface area contributed by atoms with E-state index >= 15 is 0 Å². The van der Waals surface area contributed by atoms with Crippen molar-refractivity contribution in [2.45, 2.75) is 33.1 Å². The molecule has 0 aliphatic carbocycles. The SMILES string of the molecule is Cc1cc(C#N)nc(NCC(C)CN2CCCCC2)n1. The Hall–Kier alpha value is -1.67. The van der Waals surface area contributed by atoms with Gasteiger partial charge in [0.1, 0.15) is 11.8 Å². The summed E-state index contributed by atoms with van der Waals surface area (Å²) in [7, 11) is 0. The van der Waals surface area contributed by atoms with E-state index in [1.807, 2.05) is 6.92 Å². The average molecular weight is 273 g/mol. The normalized spacial score (nSPS) is 17.4. The molecule has 1 aromatic rings. The summed E-state index contributed by atoms with van der Waals surface area (Å²) in [6.45, 7) is 8.52. The van der Waals surface area contributed by atoms with Crippen molar-refractivity contribution in [3.8, 4) is 6.07 Å². The number of likely N-dealkylation sites (tertiary alicyclic amines) is 1. The Labute approximate surface area is 121 Å². The van der Waals surface area contributed by atoms with E-state index < -0.39 is 0 Å². The van der Waals surface area contributed by atoms with Gasteiger partial charge in [0, 0.05) is 18.8 Å². The van der Waals surface area contributed by atoms with Crippen molar-refractivity contribution in [2.24, 2.45) is 5.92 Å². The third-order valence-electron chi connectivity index (χ3n) is 3.60. The molecule has 5 heteroatoms. The average Bonchev–Trinajstić information content (AvgIpc) is 2.45. The number of aryl methyl sites for hydroxylation is 1. The molecule has 1 N–H and O–H groups in total. The monoisotopic (exact) mass is 273 g/mol. The summed E-state index contributed by atoms with van der Waals surface area (Å²) < 4.78 is 0. The molecule has 108 valence electrons. The van der Waals surface area contributed by atoms with E-state index in [4.69, 9.17) is 5.26 Å². The Morgan fingerprint density at radius 2 is 2.10 bits per heavy atom. The zero-order valence-electron chi connectivity index (χ0n) is 12.4. The number of nitriles is 1. The number of aromatic nitrogens is 2. The number of piperidine rings is 1. The lowest BCUT2D eigenvalue weighted by Crippen LogP contribution is -2.35. The largest absolute Gasteiger partial charge is 0.354 e. The van der Waals surface area contributed by atoms with Gasteiger partial charge in [-0.25, -0.2) is 9.97 Å². The van der Waals surface area contributed by atoms with Gasteiger partial charge in [0.25, 0.3) is 0 Å². The fraction of sp³-hybridized carbons (Fsp3) is 0.667. The fourth-order valence-corrected chi connectivity index (χ4v) is 2.62. The molecule has 1 fully saturated rings. The molecule has 0 amide bonds. The number of rotatable bonds is 5. The molecule has 1 aromatic heterocycles. The lowest BCUT2D eigenvalue weighted by atomic mass is 10.1. The topological polar surface area (TPSA) is 64.8 Å². The van der Waals surface area contributed by atoms with Gasteiger partial charge in [-0.1, -0.05) is 13.3 Å². The van der Waals surface area contributed by atoms with Crippen molar-refractivity contribution in [1.29, 1.82) is 5.26 Å². The highest BCUT2D eigenvalue weighted by Crippen LogP contribution is 2.11. The van der Waals surface area contributed by atoms with Gasteiger partial charge in [-0.3, -0.25) is 0 Å². The second kappa shape index (κ2) is 7.20. The number of nitrogens with one attached hydrogen (secondary N) is 1. The summed E-state index contributed by atoms with van der Waals surface area (Å²) in [6, 6.07) is 3.76. The Kier molecular flexibility index (Phi) is 5.31. The van der Waals surface area contributed by atoms with E-state index in [2.05, 4.69) is 33.2 Å². The molecule has 20 heavy (non-hydrogen) atoms. The lowest BCUT2D eigenvalue weighted by Gasteiger charge is -2.29. The second-order valence-corrected chi connectivity index (χ2v) is 5.68. The van der Waals surface area contributed by atoms with Gasteiger partial charge in [0.05, 0.1) is 0 Å². The van der Waals surface area contributed by atoms with Crippen LogP contribution in [0.2, 0.25) is 0 Å². The van der Waals surface area contributed by atoms with Crippen LogP contribution in [-0.2, 0) is 0 Å². The van der Waals surface area contributed by atoms with Gasteiger partial charge in [0.2, 0.25) is 5.95 Å². The highest BCUT2D eigenvalue weighted by molar-refractivity contribution is 5.32. The van der Waals surface area contributed by atoms with E-state index in [0.29, 0.717) is 17.6 Å². The third kappa shape index (κ3) is 4.46. The minimum absolute atomic E-state index is 0.420. The van der Waals surface area contributed by atoms with Crippen molar-refractivity contribution < 1.29 is 0 Å². The van der Waals surface area contributed by atoms with Crippen LogP contribution < -0.4 is 5.32 Å². The first-order chi connectivity index (χ1) is 9.67. The second-order valence-electron chi connectivity index (χ2n) is 5.68. The minimum atomic E-state index is 0.420. The number of nitrogens with zero attached hydrogens (tertiary/aromatic N) is 4. The number of hydrogen-bond donors (Lipinski definition) is 1. The van der Waals surface area contributed by atoms with E-state index in [1.54, 1.807) is 6.07 Å². The summed E-state index contributed by atoms with van der Waals surface area (Å²) in [4.78, 5) is 11.0. The molecule has 1 unspecified atom stereocenters. The van der Waals surface area contributed by atoms with Crippen molar-refractivity contribution >= 4 is 5.95 Å². The molecule has 1 atom stereocenters. The van der Waals surface area contributed by atoms with Crippen molar-refractivity contribution in [1.82, 2.24) is 14.9 Å². The van der Waals surface area contributed by atoms with Gasteiger partial charge in [-0.05, 0) is 44.8 Å². The lowest BCUT2D eigenvalue weighted by molar-refractivity contribution is 0.204. The van der Waals surface area contributed by atoms with Crippen LogP contribution >= 0.6 is 0 Å². The van der Waals surface area contributed by atoms with Gasteiger partial charge in [0.15, 0.2) is 0 Å². The van der Waals surface area contributed by atoms with Crippen LogP contribution in [0.5, 0.6) is 0 Å². The molecular weight excluding hydrogens is 250 g/mol. The van der Waals surface area contributed by atoms with Gasteiger partial charge in [-0.2, -0.15) is 5.26 Å². The molecule has 0 radical (unpaired) electrons. The number of hydrogen-bond acceptors (Lipinski definition) is 5. The van der Waals surface area contributed by atoms with Gasteiger partial charge >= 0.3 is 0 Å². The van der Waals surface area contributed by atoms with Crippen molar-refractivity contribution in [2.75, 3.05) is 31.5 Å². The summed E-state index contributed by atoms with van der Waals surface area (Å²) in [6.07, 6.45) is 4.02. The van der Waals surface area contributed by atoms with Crippen LogP contribution in [0.3, 0.4) is 0 Å². The van der Waals surface area contributed by atoms with E-state index in [1.165, 1.54) is 32.4 Å². The molecular formula is C15H23N5. The van der Waals surface area contributed by atoms with Crippen LogP contribution in [0.25, 0.3) is 0 Å². The van der Waals surface area contributed by atoms with Crippen LogP contribution in [0.1, 0.15) is 37.6 Å². The van der Waals surface area contributed by atoms with E-state index in [-0.39, 0.29) is 0 Å². The van der Waals surface area contributed by atoms with Crippen molar-refractivity contribution in [3.63, 3.8) is 0 Å². The number of anilines is 1. The van der Waals surface area contributed by atoms with Crippen LogP contribution in [0.4, 0.5) is 5.95 Å². The Morgan fingerprint density at radius 3 is 2.80 bits per heavy atom. The predicted octanol–water partition coefficient (Wildman–Crippen LogP) is 2.19. The first kappa shape index (κ1) is 14.7. The first-order valence-corrected chi connectivity index (χ1v) is 7.39. The first-order valence-electron chi connectivity index (χ1n) is 7.39. The maximum Gasteiger partial charge on any atom is 0.224 e. The molecule has 1 aliphatic heterocycles. The van der Waals surface area contributed by atoms with Crippen LogP contribution in [0, 0.1) is 24.2 Å². The molecule has 0 aromatic carbocycles. The molecule has 2 rings (SSSR count). The zero-order valence-corrected chi connectivity index (χ0v) is 12.4. The molecule has 0 saturated carbocycles. The van der Waals surface area contributed by atoms with Gasteiger partial charge < -0.3 is 10.2 Å². The smallest absolute Gasteiger partial charge is 0.224 e. The Bertz CT molecular complexity index is 474. The Morgan fingerprint density at radius 1 is 1.35 bits per heavy atom. The molecule has 1 saturated heterocycles. The van der Waals surface area contributed by atoms with Crippen molar-refractivity contribution in [3.05, 3.63) is 17.5 Å². The molecule has 2 heterocycles.